The van der Waals surface area contributed by atoms with E-state index in [-0.39, 0.29) is 0 Å². The molecule has 2 rings (SSSR count). The van der Waals surface area contributed by atoms with Gasteiger partial charge in [-0.2, -0.15) is 0 Å². The maximum Gasteiger partial charge on any atom is 0.150 e. The maximum atomic E-state index is 10.5. The fourth-order valence-electron chi connectivity index (χ4n) is 1.20. The zero-order valence-corrected chi connectivity index (χ0v) is 8.28. The number of aldehydes is 1. The van der Waals surface area contributed by atoms with Crippen LogP contribution in [0.3, 0.4) is 0 Å². The normalized spacial score (nSPS) is 10.2. The molecule has 1 aromatic heterocycles. The topological polar surface area (TPSA) is 30.0 Å². The van der Waals surface area contributed by atoms with E-state index in [2.05, 4.69) is 20.9 Å². The Morgan fingerprint density at radius 3 is 2.92 bits per heavy atom. The van der Waals surface area contributed by atoms with Gasteiger partial charge in [-0.05, 0) is 24.3 Å². The molecule has 0 spiro atoms. The Bertz CT molecular complexity index is 467. The standard InChI is InChI=1S/C10H6BrNO/c11-9-3-4-12-10-2-1-7(6-13)5-8(9)10/h1-6H. The number of carbonyl (C=O) groups is 1. The molecule has 3 heteroatoms. The monoisotopic (exact) mass is 235 g/mol. The van der Waals surface area contributed by atoms with E-state index in [0.717, 1.165) is 21.7 Å². The van der Waals surface area contributed by atoms with E-state index in [1.54, 1.807) is 12.3 Å². The summed E-state index contributed by atoms with van der Waals surface area (Å²) < 4.78 is 0.959. The third-order valence-corrected chi connectivity index (χ3v) is 2.54. The van der Waals surface area contributed by atoms with Crippen LogP contribution >= 0.6 is 15.9 Å². The Morgan fingerprint density at radius 2 is 2.15 bits per heavy atom. The molecule has 0 bridgehead atoms. The van der Waals surface area contributed by atoms with E-state index in [4.69, 9.17) is 0 Å². The molecule has 0 aliphatic heterocycles. The van der Waals surface area contributed by atoms with Crippen molar-refractivity contribution in [2.75, 3.05) is 0 Å². The summed E-state index contributed by atoms with van der Waals surface area (Å²) in [6.07, 6.45) is 2.56. The summed E-state index contributed by atoms with van der Waals surface area (Å²) in [6, 6.07) is 7.27. The first kappa shape index (κ1) is 8.38. The number of nitrogens with zero attached hydrogens (tertiary/aromatic N) is 1. The van der Waals surface area contributed by atoms with Gasteiger partial charge in [-0.3, -0.25) is 9.78 Å². The molecule has 0 amide bonds. The summed E-state index contributed by atoms with van der Waals surface area (Å²) in [4.78, 5) is 14.7. The van der Waals surface area contributed by atoms with E-state index in [9.17, 15) is 4.79 Å². The average Bonchev–Trinajstić information content (AvgIpc) is 2.18. The molecule has 0 unspecified atom stereocenters. The lowest BCUT2D eigenvalue weighted by Crippen LogP contribution is -1.83. The smallest absolute Gasteiger partial charge is 0.150 e. The Labute approximate surface area is 83.7 Å². The van der Waals surface area contributed by atoms with Gasteiger partial charge in [0.05, 0.1) is 5.52 Å². The summed E-state index contributed by atoms with van der Waals surface area (Å²) in [5.41, 5.74) is 1.56. The van der Waals surface area contributed by atoms with Crippen LogP contribution in [0, 0.1) is 0 Å². The van der Waals surface area contributed by atoms with E-state index in [1.165, 1.54) is 0 Å². The molecule has 0 saturated heterocycles. The second-order valence-corrected chi connectivity index (χ2v) is 3.54. The number of hydrogen-bond donors (Lipinski definition) is 0. The summed E-state index contributed by atoms with van der Waals surface area (Å²) in [5, 5.41) is 0.965. The Kier molecular flexibility index (Phi) is 2.10. The van der Waals surface area contributed by atoms with Crippen LogP contribution in [0.25, 0.3) is 10.9 Å². The van der Waals surface area contributed by atoms with Crippen LogP contribution in [-0.2, 0) is 0 Å². The molecule has 0 atom stereocenters. The van der Waals surface area contributed by atoms with Crippen LogP contribution in [0.5, 0.6) is 0 Å². The van der Waals surface area contributed by atoms with E-state index >= 15 is 0 Å². The van der Waals surface area contributed by atoms with Crippen LogP contribution < -0.4 is 0 Å². The third kappa shape index (κ3) is 1.47. The van der Waals surface area contributed by atoms with Crippen molar-refractivity contribution in [3.8, 4) is 0 Å². The second-order valence-electron chi connectivity index (χ2n) is 2.69. The lowest BCUT2D eigenvalue weighted by molar-refractivity contribution is 0.112. The lowest BCUT2D eigenvalue weighted by Gasteiger charge is -1.99. The molecular formula is C10H6BrNO. The van der Waals surface area contributed by atoms with Crippen molar-refractivity contribution in [2.24, 2.45) is 0 Å². The summed E-state index contributed by atoms with van der Waals surface area (Å²) >= 11 is 3.40. The average molecular weight is 236 g/mol. The minimum atomic E-state index is 0.668. The quantitative estimate of drug-likeness (QED) is 0.712. The molecule has 0 saturated carbocycles. The fourth-order valence-corrected chi connectivity index (χ4v) is 1.64. The molecule has 0 aliphatic carbocycles. The van der Waals surface area contributed by atoms with Crippen LogP contribution in [0.1, 0.15) is 10.4 Å². The predicted molar refractivity (Wildman–Crippen MR) is 54.8 cm³/mol. The number of benzene rings is 1. The van der Waals surface area contributed by atoms with Gasteiger partial charge in [0.15, 0.2) is 0 Å². The highest BCUT2D eigenvalue weighted by Crippen LogP contribution is 2.22. The second kappa shape index (κ2) is 3.26. The van der Waals surface area contributed by atoms with Gasteiger partial charge in [0.2, 0.25) is 0 Å². The van der Waals surface area contributed by atoms with Gasteiger partial charge in [-0.25, -0.2) is 0 Å². The number of aromatic nitrogens is 1. The highest BCUT2D eigenvalue weighted by Gasteiger charge is 1.99. The molecule has 0 fully saturated rings. The Morgan fingerprint density at radius 1 is 1.31 bits per heavy atom. The van der Waals surface area contributed by atoms with E-state index < -0.39 is 0 Å². The summed E-state index contributed by atoms with van der Waals surface area (Å²) in [5.74, 6) is 0. The predicted octanol–water partition coefficient (Wildman–Crippen LogP) is 2.81. The minimum absolute atomic E-state index is 0.668. The molecule has 0 N–H and O–H groups in total. The van der Waals surface area contributed by atoms with Gasteiger partial charge in [-0.15, -0.1) is 0 Å². The zero-order chi connectivity index (χ0) is 9.26. The number of fused-ring (bicyclic) bond motifs is 1. The van der Waals surface area contributed by atoms with Gasteiger partial charge in [-0.1, -0.05) is 15.9 Å². The lowest BCUT2D eigenvalue weighted by atomic mass is 10.1. The first-order valence-corrected chi connectivity index (χ1v) is 4.60. The van der Waals surface area contributed by atoms with Gasteiger partial charge < -0.3 is 0 Å². The summed E-state index contributed by atoms with van der Waals surface area (Å²) in [7, 11) is 0. The molecule has 1 aromatic carbocycles. The molecule has 2 aromatic rings. The molecule has 1 heterocycles. The first-order chi connectivity index (χ1) is 6.31. The number of pyridine rings is 1. The SMILES string of the molecule is O=Cc1ccc2nccc(Br)c2c1. The van der Waals surface area contributed by atoms with Crippen LogP contribution in [0.15, 0.2) is 34.9 Å². The van der Waals surface area contributed by atoms with Gasteiger partial charge >= 0.3 is 0 Å². The number of rotatable bonds is 1. The van der Waals surface area contributed by atoms with Crippen molar-refractivity contribution in [3.05, 3.63) is 40.5 Å². The van der Waals surface area contributed by atoms with Crippen molar-refractivity contribution in [2.45, 2.75) is 0 Å². The Balaban J connectivity index is 2.81. The van der Waals surface area contributed by atoms with Crippen molar-refractivity contribution >= 4 is 33.1 Å². The molecule has 0 radical (unpaired) electrons. The molecule has 0 aliphatic rings. The fraction of sp³-hybridized carbons (Fsp3) is 0. The van der Waals surface area contributed by atoms with Crippen LogP contribution in [0.4, 0.5) is 0 Å². The van der Waals surface area contributed by atoms with Crippen molar-refractivity contribution < 1.29 is 4.79 Å². The van der Waals surface area contributed by atoms with Crippen molar-refractivity contribution in [1.82, 2.24) is 4.98 Å². The van der Waals surface area contributed by atoms with Crippen LogP contribution in [-0.4, -0.2) is 11.3 Å². The van der Waals surface area contributed by atoms with Gasteiger partial charge in [0, 0.05) is 21.6 Å². The zero-order valence-electron chi connectivity index (χ0n) is 6.70. The molecule has 13 heavy (non-hydrogen) atoms. The summed E-state index contributed by atoms with van der Waals surface area (Å²) in [6.45, 7) is 0. The largest absolute Gasteiger partial charge is 0.298 e. The van der Waals surface area contributed by atoms with Crippen LogP contribution in [0.2, 0.25) is 0 Å². The maximum absolute atomic E-state index is 10.5. The van der Waals surface area contributed by atoms with E-state index in [1.807, 2.05) is 18.2 Å². The van der Waals surface area contributed by atoms with Crippen molar-refractivity contribution in [3.63, 3.8) is 0 Å². The molecular weight excluding hydrogens is 230 g/mol. The minimum Gasteiger partial charge on any atom is -0.298 e. The number of carbonyl (C=O) groups excluding carboxylic acids is 1. The highest BCUT2D eigenvalue weighted by atomic mass is 79.9. The van der Waals surface area contributed by atoms with E-state index in [0.29, 0.717) is 5.56 Å². The highest BCUT2D eigenvalue weighted by molar-refractivity contribution is 9.10. The first-order valence-electron chi connectivity index (χ1n) is 3.81. The third-order valence-electron chi connectivity index (χ3n) is 1.85. The number of hydrogen-bond acceptors (Lipinski definition) is 2. The van der Waals surface area contributed by atoms with Gasteiger partial charge in [0.1, 0.15) is 6.29 Å². The number of halogens is 1. The molecule has 2 nitrogen and oxygen atoms in total. The Hall–Kier alpha value is -1.22. The molecule has 64 valence electrons. The van der Waals surface area contributed by atoms with Crippen molar-refractivity contribution in [1.29, 1.82) is 0 Å². The van der Waals surface area contributed by atoms with Gasteiger partial charge in [0.25, 0.3) is 0 Å².